The van der Waals surface area contributed by atoms with E-state index >= 15 is 0 Å². The molecule has 0 aliphatic carbocycles. The summed E-state index contributed by atoms with van der Waals surface area (Å²) in [5.41, 5.74) is 1.79. The van der Waals surface area contributed by atoms with Gasteiger partial charge in [0.2, 0.25) is 11.8 Å². The van der Waals surface area contributed by atoms with Crippen LogP contribution >= 0.6 is 11.6 Å². The maximum Gasteiger partial charge on any atom is 0.242 e. The second-order valence-electron chi connectivity index (χ2n) is 8.08. The molecule has 2 amide bonds. The number of hydrogen-bond acceptors (Lipinski definition) is 4. The first kappa shape index (κ1) is 23.9. The van der Waals surface area contributed by atoms with Crippen molar-refractivity contribution in [2.24, 2.45) is 0 Å². The molecule has 172 valence electrons. The van der Waals surface area contributed by atoms with Crippen molar-refractivity contribution in [2.75, 3.05) is 13.2 Å². The van der Waals surface area contributed by atoms with Gasteiger partial charge in [0.05, 0.1) is 0 Å². The van der Waals surface area contributed by atoms with E-state index in [1.165, 1.54) is 0 Å². The molecule has 0 saturated carbocycles. The smallest absolute Gasteiger partial charge is 0.242 e. The zero-order chi connectivity index (χ0) is 23.1. The highest BCUT2D eigenvalue weighted by molar-refractivity contribution is 6.31. The van der Waals surface area contributed by atoms with Gasteiger partial charge in [-0.05, 0) is 56.0 Å². The molecule has 6 nitrogen and oxygen atoms in total. The Kier molecular flexibility index (Phi) is 8.39. The van der Waals surface area contributed by atoms with Gasteiger partial charge in [-0.1, -0.05) is 42.8 Å². The second-order valence-corrected chi connectivity index (χ2v) is 8.49. The van der Waals surface area contributed by atoms with Crippen LogP contribution in [0.25, 0.3) is 0 Å². The van der Waals surface area contributed by atoms with Crippen LogP contribution in [0.15, 0.2) is 42.5 Å². The molecule has 2 atom stereocenters. The molecule has 32 heavy (non-hydrogen) atoms. The summed E-state index contributed by atoms with van der Waals surface area (Å²) in [7, 11) is 0. The van der Waals surface area contributed by atoms with E-state index in [0.717, 1.165) is 23.3 Å². The summed E-state index contributed by atoms with van der Waals surface area (Å²) in [5.74, 6) is 1.16. The minimum absolute atomic E-state index is 0.0416. The van der Waals surface area contributed by atoms with E-state index in [1.807, 2.05) is 50.2 Å². The number of carbonyl (C=O) groups excluding carboxylic acids is 2. The van der Waals surface area contributed by atoms with Crippen molar-refractivity contribution in [3.63, 3.8) is 0 Å². The number of carbonyl (C=O) groups is 2. The lowest BCUT2D eigenvalue weighted by atomic mass is 10.1. The fraction of sp³-hybridized carbons (Fsp3) is 0.440. The van der Waals surface area contributed by atoms with E-state index in [9.17, 15) is 9.59 Å². The van der Waals surface area contributed by atoms with E-state index in [1.54, 1.807) is 17.9 Å². The van der Waals surface area contributed by atoms with Crippen molar-refractivity contribution in [1.29, 1.82) is 0 Å². The lowest BCUT2D eigenvalue weighted by Gasteiger charge is -2.30. The number of rotatable bonds is 9. The number of ether oxygens (including phenoxy) is 2. The predicted molar refractivity (Wildman–Crippen MR) is 125 cm³/mol. The van der Waals surface area contributed by atoms with Gasteiger partial charge in [0.25, 0.3) is 0 Å². The molecule has 3 rings (SSSR count). The molecule has 1 aliphatic heterocycles. The van der Waals surface area contributed by atoms with Crippen LogP contribution in [0.2, 0.25) is 5.02 Å². The highest BCUT2D eigenvalue weighted by Crippen LogP contribution is 2.31. The number of aryl methyl sites for hydroxylation is 1. The zero-order valence-electron chi connectivity index (χ0n) is 18.9. The molecule has 2 aromatic carbocycles. The monoisotopic (exact) mass is 458 g/mol. The average molecular weight is 459 g/mol. The summed E-state index contributed by atoms with van der Waals surface area (Å²) in [6.45, 7) is 7.05. The van der Waals surface area contributed by atoms with Crippen LogP contribution < -0.4 is 14.8 Å². The molecular formula is C25H31ClN2O4. The molecule has 0 aromatic heterocycles. The third-order valence-corrected chi connectivity index (χ3v) is 6.07. The van der Waals surface area contributed by atoms with Crippen molar-refractivity contribution >= 4 is 23.4 Å². The lowest BCUT2D eigenvalue weighted by Crippen LogP contribution is -2.49. The number of halogens is 1. The third-order valence-electron chi connectivity index (χ3n) is 5.70. The van der Waals surface area contributed by atoms with Gasteiger partial charge in [-0.3, -0.25) is 9.59 Å². The average Bonchev–Trinajstić information content (AvgIpc) is 2.81. The van der Waals surface area contributed by atoms with E-state index in [-0.39, 0.29) is 30.8 Å². The first-order chi connectivity index (χ1) is 15.4. The van der Waals surface area contributed by atoms with Gasteiger partial charge >= 0.3 is 0 Å². The lowest BCUT2D eigenvalue weighted by molar-refractivity contribution is -0.140. The Labute approximate surface area is 194 Å². The Bertz CT molecular complexity index is 949. The molecule has 0 unspecified atom stereocenters. The third kappa shape index (κ3) is 6.16. The highest BCUT2D eigenvalue weighted by atomic mass is 35.5. The van der Waals surface area contributed by atoms with E-state index < -0.39 is 6.04 Å². The fourth-order valence-electron chi connectivity index (χ4n) is 3.50. The molecule has 2 aromatic rings. The number of benzene rings is 2. The van der Waals surface area contributed by atoms with Gasteiger partial charge in [0, 0.05) is 24.0 Å². The Hall–Kier alpha value is -2.73. The molecule has 1 N–H and O–H groups in total. The van der Waals surface area contributed by atoms with E-state index in [2.05, 4.69) is 5.32 Å². The highest BCUT2D eigenvalue weighted by Gasteiger charge is 2.27. The van der Waals surface area contributed by atoms with Crippen LogP contribution in [0.4, 0.5) is 0 Å². The number of amides is 2. The van der Waals surface area contributed by atoms with Gasteiger partial charge in [0.15, 0.2) is 11.5 Å². The number of nitrogens with one attached hydrogen (secondary N) is 1. The molecule has 0 bridgehead atoms. The minimum Gasteiger partial charge on any atom is -0.486 e. The predicted octanol–water partition coefficient (Wildman–Crippen LogP) is 4.38. The van der Waals surface area contributed by atoms with Crippen molar-refractivity contribution in [3.05, 3.63) is 58.6 Å². The topological polar surface area (TPSA) is 67.9 Å². The van der Waals surface area contributed by atoms with Crippen molar-refractivity contribution in [2.45, 2.75) is 58.7 Å². The summed E-state index contributed by atoms with van der Waals surface area (Å²) in [4.78, 5) is 27.7. The fourth-order valence-corrected chi connectivity index (χ4v) is 3.69. The first-order valence-corrected chi connectivity index (χ1v) is 11.5. The molecule has 0 spiro atoms. The maximum absolute atomic E-state index is 13.3. The maximum atomic E-state index is 13.3. The van der Waals surface area contributed by atoms with Crippen LogP contribution in [-0.2, 0) is 22.6 Å². The minimum atomic E-state index is -0.618. The van der Waals surface area contributed by atoms with Crippen LogP contribution in [0.1, 0.15) is 44.7 Å². The van der Waals surface area contributed by atoms with Crippen LogP contribution in [0, 0.1) is 0 Å². The van der Waals surface area contributed by atoms with Crippen molar-refractivity contribution in [1.82, 2.24) is 10.2 Å². The zero-order valence-corrected chi connectivity index (χ0v) is 19.7. The summed E-state index contributed by atoms with van der Waals surface area (Å²) in [5, 5.41) is 3.55. The van der Waals surface area contributed by atoms with E-state index in [4.69, 9.17) is 21.1 Å². The Morgan fingerprint density at radius 1 is 1.09 bits per heavy atom. The van der Waals surface area contributed by atoms with Crippen molar-refractivity contribution < 1.29 is 19.1 Å². The van der Waals surface area contributed by atoms with Gasteiger partial charge in [-0.15, -0.1) is 0 Å². The van der Waals surface area contributed by atoms with Gasteiger partial charge < -0.3 is 19.7 Å². The number of fused-ring (bicyclic) bond motifs is 1. The molecule has 1 heterocycles. The molecule has 0 fully saturated rings. The Morgan fingerprint density at radius 2 is 1.81 bits per heavy atom. The second kappa shape index (κ2) is 11.2. The molecule has 7 heteroatoms. The summed E-state index contributed by atoms with van der Waals surface area (Å²) >= 11 is 6.34. The first-order valence-electron chi connectivity index (χ1n) is 11.1. The Morgan fingerprint density at radius 3 is 2.53 bits per heavy atom. The van der Waals surface area contributed by atoms with Gasteiger partial charge in [-0.2, -0.15) is 0 Å². The van der Waals surface area contributed by atoms with E-state index in [0.29, 0.717) is 30.4 Å². The SMILES string of the molecule is CC[C@@H](C)NC(=O)[C@H](C)N(Cc1ccccc1Cl)C(=O)CCc1ccc2c(c1)OCCO2. The number of nitrogens with zero attached hydrogens (tertiary/aromatic N) is 1. The van der Waals surface area contributed by atoms with Crippen LogP contribution in [0.3, 0.4) is 0 Å². The number of hydrogen-bond donors (Lipinski definition) is 1. The summed E-state index contributed by atoms with van der Waals surface area (Å²) in [6, 6.07) is 12.5. The molecule has 0 radical (unpaired) electrons. The van der Waals surface area contributed by atoms with Crippen molar-refractivity contribution in [3.8, 4) is 11.5 Å². The largest absolute Gasteiger partial charge is 0.486 e. The molecule has 1 aliphatic rings. The quantitative estimate of drug-likeness (QED) is 0.605. The molecule has 0 saturated heterocycles. The van der Waals surface area contributed by atoms with Crippen LogP contribution in [0.5, 0.6) is 11.5 Å². The Balaban J connectivity index is 1.73. The standard InChI is InChI=1S/C25H31ClN2O4/c1-4-17(2)27-25(30)18(3)28(16-20-7-5-6-8-21(20)26)24(29)12-10-19-9-11-22-23(15-19)32-14-13-31-22/h5-9,11,15,17-18H,4,10,12-14,16H2,1-3H3,(H,27,30)/t17-,18+/m1/s1. The summed E-state index contributed by atoms with van der Waals surface area (Å²) < 4.78 is 11.2. The van der Waals surface area contributed by atoms with Gasteiger partial charge in [-0.25, -0.2) is 0 Å². The molecular weight excluding hydrogens is 428 g/mol. The van der Waals surface area contributed by atoms with Gasteiger partial charge in [0.1, 0.15) is 19.3 Å². The normalized spacial score (nSPS) is 14.4. The summed E-state index contributed by atoms with van der Waals surface area (Å²) in [6.07, 6.45) is 1.63. The van der Waals surface area contributed by atoms with Crippen LogP contribution in [-0.4, -0.2) is 42.0 Å².